The minimum atomic E-state index is -0.191. The average Bonchev–Trinajstić information content (AvgIpc) is 3.20. The molecule has 130 valence electrons. The van der Waals surface area contributed by atoms with Crippen molar-refractivity contribution in [3.05, 3.63) is 72.4 Å². The van der Waals surface area contributed by atoms with Crippen LogP contribution in [0.2, 0.25) is 0 Å². The Balaban J connectivity index is 1.51. The van der Waals surface area contributed by atoms with E-state index in [1.807, 2.05) is 53.4 Å². The summed E-state index contributed by atoms with van der Waals surface area (Å²) in [5.41, 5.74) is 2.76. The van der Waals surface area contributed by atoms with E-state index in [-0.39, 0.29) is 18.0 Å². The highest BCUT2D eigenvalue weighted by Gasteiger charge is 2.30. The number of nitrogens with one attached hydrogen (secondary N) is 1. The molecule has 0 bridgehead atoms. The van der Waals surface area contributed by atoms with Crippen molar-refractivity contribution in [1.82, 2.24) is 20.1 Å². The number of hydrogen-bond acceptors (Lipinski definition) is 4. The Hall–Kier alpha value is -3.28. The van der Waals surface area contributed by atoms with Crippen molar-refractivity contribution in [3.63, 3.8) is 0 Å². The van der Waals surface area contributed by atoms with Crippen molar-refractivity contribution < 1.29 is 4.79 Å². The molecule has 1 aliphatic heterocycles. The van der Waals surface area contributed by atoms with Gasteiger partial charge in [-0.3, -0.25) is 5.32 Å². The van der Waals surface area contributed by atoms with Crippen molar-refractivity contribution in [2.45, 2.75) is 18.9 Å². The van der Waals surface area contributed by atoms with Gasteiger partial charge >= 0.3 is 6.03 Å². The van der Waals surface area contributed by atoms with Gasteiger partial charge in [0.2, 0.25) is 0 Å². The molecule has 26 heavy (non-hydrogen) atoms. The first-order chi connectivity index (χ1) is 12.8. The first-order valence-electron chi connectivity index (χ1n) is 8.69. The summed E-state index contributed by atoms with van der Waals surface area (Å²) in [6.45, 7) is 0.719. The maximum absolute atomic E-state index is 12.8. The minimum absolute atomic E-state index is 0.0847. The molecule has 0 saturated carbocycles. The predicted octanol–water partition coefficient (Wildman–Crippen LogP) is 3.91. The van der Waals surface area contributed by atoms with E-state index in [9.17, 15) is 4.79 Å². The fourth-order valence-corrected chi connectivity index (χ4v) is 3.30. The number of likely N-dealkylation sites (tertiary alicyclic amines) is 1. The number of anilines is 1. The summed E-state index contributed by atoms with van der Waals surface area (Å²) in [7, 11) is 0. The lowest BCUT2D eigenvalue weighted by molar-refractivity contribution is 0.207. The minimum Gasteiger partial charge on any atom is -0.317 e. The lowest BCUT2D eigenvalue weighted by atomic mass is 10.1. The third-order valence-electron chi connectivity index (χ3n) is 4.55. The standard InChI is InChI=1S/C20H19N5O/c26-20(25-13-7-12-18(25)16-10-5-2-6-11-16)23-19-22-17(14-21-24-19)15-8-3-1-4-9-15/h1-6,8-11,14,18H,7,12-13H2,(H,22,23,24,26)/t18-/m1/s1. The van der Waals surface area contributed by atoms with E-state index in [1.165, 1.54) is 0 Å². The van der Waals surface area contributed by atoms with Gasteiger partial charge in [-0.05, 0) is 18.4 Å². The third kappa shape index (κ3) is 3.39. The highest BCUT2D eigenvalue weighted by atomic mass is 16.2. The highest BCUT2D eigenvalue weighted by molar-refractivity contribution is 5.88. The van der Waals surface area contributed by atoms with Gasteiger partial charge in [-0.2, -0.15) is 5.10 Å². The molecule has 4 rings (SSSR count). The van der Waals surface area contributed by atoms with E-state index >= 15 is 0 Å². The van der Waals surface area contributed by atoms with E-state index in [4.69, 9.17) is 0 Å². The molecule has 0 spiro atoms. The van der Waals surface area contributed by atoms with Crippen LogP contribution in [0, 0.1) is 0 Å². The number of aromatic nitrogens is 3. The molecular weight excluding hydrogens is 326 g/mol. The molecule has 0 radical (unpaired) electrons. The summed E-state index contributed by atoms with van der Waals surface area (Å²) < 4.78 is 0. The summed E-state index contributed by atoms with van der Waals surface area (Å²) in [6.07, 6.45) is 3.53. The Bertz CT molecular complexity index is 885. The molecule has 1 N–H and O–H groups in total. The van der Waals surface area contributed by atoms with Crippen LogP contribution in [0.4, 0.5) is 10.7 Å². The Morgan fingerprint density at radius 3 is 2.54 bits per heavy atom. The molecule has 6 heteroatoms. The van der Waals surface area contributed by atoms with E-state index in [2.05, 4.69) is 32.6 Å². The Labute approximate surface area is 151 Å². The molecule has 1 saturated heterocycles. The number of nitrogens with zero attached hydrogens (tertiary/aromatic N) is 4. The fraction of sp³-hybridized carbons (Fsp3) is 0.200. The second-order valence-corrected chi connectivity index (χ2v) is 6.22. The van der Waals surface area contributed by atoms with Gasteiger partial charge in [0.25, 0.3) is 5.95 Å². The summed E-state index contributed by atoms with van der Waals surface area (Å²) in [5.74, 6) is 0.218. The molecule has 1 aromatic heterocycles. The number of amides is 2. The zero-order chi connectivity index (χ0) is 17.8. The molecule has 6 nitrogen and oxygen atoms in total. The van der Waals surface area contributed by atoms with Crippen LogP contribution in [0.1, 0.15) is 24.4 Å². The second-order valence-electron chi connectivity index (χ2n) is 6.22. The van der Waals surface area contributed by atoms with Gasteiger partial charge in [0.05, 0.1) is 17.9 Å². The third-order valence-corrected chi connectivity index (χ3v) is 4.55. The van der Waals surface area contributed by atoms with Crippen LogP contribution in [0.15, 0.2) is 66.9 Å². The van der Waals surface area contributed by atoms with E-state index in [0.29, 0.717) is 5.69 Å². The van der Waals surface area contributed by atoms with E-state index < -0.39 is 0 Å². The van der Waals surface area contributed by atoms with Crippen molar-refractivity contribution in [2.24, 2.45) is 0 Å². The van der Waals surface area contributed by atoms with E-state index in [0.717, 1.165) is 30.5 Å². The molecule has 3 aromatic rings. The number of urea groups is 1. The SMILES string of the molecule is O=C(Nc1nncc(-c2ccccc2)n1)N1CCC[C@@H]1c1ccccc1. The molecular formula is C20H19N5O. The molecule has 0 unspecified atom stereocenters. The zero-order valence-corrected chi connectivity index (χ0v) is 14.2. The van der Waals surface area contributed by atoms with Crippen LogP contribution in [0.5, 0.6) is 0 Å². The van der Waals surface area contributed by atoms with Gasteiger partial charge in [0.15, 0.2) is 0 Å². The quantitative estimate of drug-likeness (QED) is 0.781. The van der Waals surface area contributed by atoms with Crippen molar-refractivity contribution in [1.29, 1.82) is 0 Å². The maximum Gasteiger partial charge on any atom is 0.324 e. The van der Waals surface area contributed by atoms with Crippen molar-refractivity contribution >= 4 is 12.0 Å². The lowest BCUT2D eigenvalue weighted by Crippen LogP contribution is -2.35. The smallest absolute Gasteiger partial charge is 0.317 e. The average molecular weight is 345 g/mol. The monoisotopic (exact) mass is 345 g/mol. The summed E-state index contributed by atoms with van der Waals surface area (Å²) >= 11 is 0. The van der Waals surface area contributed by atoms with Crippen molar-refractivity contribution in [3.8, 4) is 11.3 Å². The highest BCUT2D eigenvalue weighted by Crippen LogP contribution is 2.32. The number of hydrogen-bond donors (Lipinski definition) is 1. The molecule has 2 amide bonds. The molecule has 0 aliphatic carbocycles. The zero-order valence-electron chi connectivity index (χ0n) is 14.2. The van der Waals surface area contributed by atoms with Crippen molar-refractivity contribution in [2.75, 3.05) is 11.9 Å². The number of rotatable bonds is 3. The summed E-state index contributed by atoms with van der Waals surface area (Å²) in [5, 5.41) is 10.7. The van der Waals surface area contributed by atoms with Crippen LogP contribution < -0.4 is 5.32 Å². The Morgan fingerprint density at radius 1 is 1.04 bits per heavy atom. The van der Waals surface area contributed by atoms with E-state index in [1.54, 1.807) is 6.20 Å². The Kier molecular flexibility index (Phi) is 4.55. The summed E-state index contributed by atoms with van der Waals surface area (Å²) in [4.78, 5) is 19.0. The van der Waals surface area contributed by atoms with Crippen LogP contribution >= 0.6 is 0 Å². The first kappa shape index (κ1) is 16.2. The topological polar surface area (TPSA) is 71.0 Å². The van der Waals surface area contributed by atoms with Gasteiger partial charge in [-0.15, -0.1) is 5.10 Å². The lowest BCUT2D eigenvalue weighted by Gasteiger charge is -2.24. The normalized spacial score (nSPS) is 16.5. The molecule has 2 aromatic carbocycles. The number of benzene rings is 2. The predicted molar refractivity (Wildman–Crippen MR) is 99.4 cm³/mol. The van der Waals surface area contributed by atoms with Crippen LogP contribution in [-0.2, 0) is 0 Å². The number of carbonyl (C=O) groups is 1. The molecule has 1 aliphatic rings. The summed E-state index contributed by atoms with van der Waals surface area (Å²) in [6, 6.07) is 19.7. The second kappa shape index (κ2) is 7.31. The first-order valence-corrected chi connectivity index (χ1v) is 8.69. The van der Waals surface area contributed by atoms with Gasteiger partial charge in [-0.25, -0.2) is 9.78 Å². The largest absolute Gasteiger partial charge is 0.324 e. The molecule has 2 heterocycles. The van der Waals surface area contributed by atoms with Crippen LogP contribution in [-0.4, -0.2) is 32.7 Å². The van der Waals surface area contributed by atoms with Crippen LogP contribution in [0.25, 0.3) is 11.3 Å². The molecule has 1 fully saturated rings. The Morgan fingerprint density at radius 2 is 1.77 bits per heavy atom. The van der Waals surface area contributed by atoms with Crippen LogP contribution in [0.3, 0.4) is 0 Å². The van der Waals surface area contributed by atoms with Gasteiger partial charge in [0, 0.05) is 12.1 Å². The number of carbonyl (C=O) groups excluding carboxylic acids is 1. The van der Waals surface area contributed by atoms with Gasteiger partial charge < -0.3 is 4.90 Å². The fourth-order valence-electron chi connectivity index (χ4n) is 3.30. The van der Waals surface area contributed by atoms with Gasteiger partial charge in [-0.1, -0.05) is 60.7 Å². The molecule has 1 atom stereocenters. The maximum atomic E-state index is 12.8. The van der Waals surface area contributed by atoms with Gasteiger partial charge in [0.1, 0.15) is 0 Å².